The summed E-state index contributed by atoms with van der Waals surface area (Å²) in [5.74, 6) is -1.71. The number of nitrogens with one attached hydrogen (secondary N) is 4. The second-order valence-corrected chi connectivity index (χ2v) is 17.5. The van der Waals surface area contributed by atoms with Gasteiger partial charge in [-0.3, -0.25) is 19.9 Å². The molecule has 0 aliphatic carbocycles. The normalized spacial score (nSPS) is 17.4. The molecule has 0 bridgehead atoms. The van der Waals surface area contributed by atoms with Crippen molar-refractivity contribution in [1.82, 2.24) is 30.3 Å². The predicted octanol–water partition coefficient (Wildman–Crippen LogP) is 5.35. The van der Waals surface area contributed by atoms with E-state index in [-0.39, 0.29) is 106 Å². The molecule has 1 aromatic heterocycles. The standard InChI is InChI=1S/C39H54F2N6O2.C13H15FN2O2.CH3.K/c1-5-18-46(19-6-2)29-30-11-23-47(24-12-30)39(48)33-26-35(40)38(36(41)27-33)31-13-21-45(22-14-31)20-7-8-32-28-43-16-10-37(32)44-17-9-34(42-3)15-25-49-4;1-8-2-3-9(6-11(8)14)16-12-5-4-10(17)7-15-13(12)18;;/h8-10,15-17,26-27,30-31,42H,5-6,11-14,18-25,29H2,1-4H3,(H,43,44);2-3,6,12,16H,4-5,7H2,1H3,(H,15,18);1H3;/q-2;;-1;+1/b17-9-,34-15+;;;. The van der Waals surface area contributed by atoms with Crippen molar-refractivity contribution in [2.24, 2.45) is 5.92 Å². The van der Waals surface area contributed by atoms with Gasteiger partial charge in [-0.15, -0.1) is 18.0 Å². The summed E-state index contributed by atoms with van der Waals surface area (Å²) in [6.45, 7) is 13.2. The number of likely N-dealkylation sites (tertiary alicyclic amines) is 2. The van der Waals surface area contributed by atoms with Crippen LogP contribution in [0.5, 0.6) is 0 Å². The number of rotatable bonds is 19. The number of halogens is 3. The first-order valence-corrected chi connectivity index (χ1v) is 23.7. The molecular weight excluding hydrogens is 909 g/mol. The van der Waals surface area contributed by atoms with E-state index in [0.29, 0.717) is 82.2 Å². The number of carbonyl (C=O) groups is 3. The SMILES string of the molecule is CCCN(CCC)CC1CCN(C(=O)c2cc(F)c(C3CCN(C[C-]=Cc4[c-]nccc4N/C=C\C(=C/COC)NC)CC3)c(F)c2)CC1.Cc1ccc(NC2CCC(=O)CNC2=O)cc1F.[CH3-].[K+]. The number of carbonyl (C=O) groups excluding carboxylic acids is 3. The molecule has 372 valence electrons. The quantitative estimate of drug-likeness (QED) is 0.0709. The molecule has 0 radical (unpaired) electrons. The van der Waals surface area contributed by atoms with Gasteiger partial charge in [-0.2, -0.15) is 0 Å². The minimum Gasteiger partial charge on any atom is -0.418 e. The second kappa shape index (κ2) is 31.5. The van der Waals surface area contributed by atoms with Gasteiger partial charge in [0, 0.05) is 62.7 Å². The molecular formula is C53H72F3KN8O4-2. The van der Waals surface area contributed by atoms with E-state index in [0.717, 1.165) is 62.3 Å². The molecule has 1 atom stereocenters. The molecule has 2 aromatic carbocycles. The van der Waals surface area contributed by atoms with E-state index in [9.17, 15) is 18.8 Å². The number of ether oxygens (including phenoxy) is 1. The van der Waals surface area contributed by atoms with Crippen LogP contribution in [-0.4, -0.2) is 123 Å². The zero-order valence-electron chi connectivity index (χ0n) is 41.9. The maximum Gasteiger partial charge on any atom is 1.00 e. The summed E-state index contributed by atoms with van der Waals surface area (Å²) in [4.78, 5) is 46.8. The van der Waals surface area contributed by atoms with Crippen molar-refractivity contribution >= 4 is 35.0 Å². The molecule has 0 saturated carbocycles. The number of allylic oxidation sites excluding steroid dienone is 1. The maximum atomic E-state index is 15.4. The molecule has 3 saturated heterocycles. The monoisotopic (exact) mass is 981 g/mol. The summed E-state index contributed by atoms with van der Waals surface area (Å²) in [5.41, 5.74) is 3.86. The smallest absolute Gasteiger partial charge is 0.418 e. The molecule has 12 nitrogen and oxygen atoms in total. The van der Waals surface area contributed by atoms with Crippen molar-refractivity contribution < 1.29 is 83.7 Å². The number of amides is 2. The van der Waals surface area contributed by atoms with Crippen molar-refractivity contribution in [2.75, 3.05) is 90.3 Å². The van der Waals surface area contributed by atoms with Gasteiger partial charge in [0.15, 0.2) is 5.78 Å². The van der Waals surface area contributed by atoms with Crippen LogP contribution in [0.25, 0.3) is 6.08 Å². The second-order valence-electron chi connectivity index (χ2n) is 17.5. The molecule has 2 amide bonds. The van der Waals surface area contributed by atoms with E-state index in [1.165, 1.54) is 18.2 Å². The zero-order valence-corrected chi connectivity index (χ0v) is 45.0. The number of piperidine rings is 2. The van der Waals surface area contributed by atoms with Crippen molar-refractivity contribution in [3.8, 4) is 0 Å². The Bertz CT molecular complexity index is 2150. The molecule has 4 heterocycles. The number of aryl methyl sites for hydroxylation is 1. The van der Waals surface area contributed by atoms with Gasteiger partial charge in [0.1, 0.15) is 23.5 Å². The van der Waals surface area contributed by atoms with E-state index >= 15 is 8.78 Å². The molecule has 0 spiro atoms. The van der Waals surface area contributed by atoms with Crippen LogP contribution in [0.1, 0.15) is 98.2 Å². The van der Waals surface area contributed by atoms with E-state index < -0.39 is 17.7 Å². The molecule has 6 rings (SSSR count). The summed E-state index contributed by atoms with van der Waals surface area (Å²) in [7, 11) is 3.50. The molecule has 1 unspecified atom stereocenters. The van der Waals surface area contributed by atoms with Crippen molar-refractivity contribution in [3.63, 3.8) is 0 Å². The number of likely N-dealkylation sites (N-methyl/N-ethyl adjacent to an activating group) is 1. The fourth-order valence-corrected chi connectivity index (χ4v) is 8.66. The maximum absolute atomic E-state index is 15.4. The number of ketones is 1. The third-order valence-electron chi connectivity index (χ3n) is 12.4. The van der Waals surface area contributed by atoms with Crippen molar-refractivity contribution in [1.29, 1.82) is 0 Å². The van der Waals surface area contributed by atoms with Gasteiger partial charge in [-0.05, 0) is 138 Å². The van der Waals surface area contributed by atoms with E-state index in [2.05, 4.69) is 62.2 Å². The largest absolute Gasteiger partial charge is 1.00 e. The number of Topliss-reactive ketones (excluding diaryl/α,β-unsaturated/α-hetero) is 1. The number of anilines is 2. The van der Waals surface area contributed by atoms with Gasteiger partial charge in [-0.1, -0.05) is 32.7 Å². The van der Waals surface area contributed by atoms with Crippen molar-refractivity contribution in [3.05, 3.63) is 126 Å². The van der Waals surface area contributed by atoms with Gasteiger partial charge >= 0.3 is 51.4 Å². The molecule has 3 aliphatic heterocycles. The van der Waals surface area contributed by atoms with Gasteiger partial charge in [-0.25, -0.2) is 13.2 Å². The van der Waals surface area contributed by atoms with Gasteiger partial charge in [0.25, 0.3) is 5.91 Å². The Kier molecular flexibility index (Phi) is 27.1. The molecule has 3 aromatic rings. The Hall–Kier alpha value is -3.87. The fourth-order valence-electron chi connectivity index (χ4n) is 8.66. The summed E-state index contributed by atoms with van der Waals surface area (Å²) in [5, 5.41) is 11.9. The van der Waals surface area contributed by atoms with Gasteiger partial charge in [0.2, 0.25) is 5.91 Å². The number of hydrogen-bond donors (Lipinski definition) is 4. The number of benzene rings is 2. The number of pyridine rings is 1. The summed E-state index contributed by atoms with van der Waals surface area (Å²) in [6, 6.07) is 8.61. The topological polar surface area (TPSA) is 131 Å². The fraction of sp³-hybridized carbons (Fsp3) is 0.491. The van der Waals surface area contributed by atoms with Gasteiger partial charge in [0.05, 0.1) is 13.2 Å². The van der Waals surface area contributed by atoms with Crippen LogP contribution in [0.4, 0.5) is 24.5 Å². The molecule has 16 heteroatoms. The first-order chi connectivity index (χ1) is 32.4. The molecule has 4 N–H and O–H groups in total. The number of aromatic nitrogens is 1. The summed E-state index contributed by atoms with van der Waals surface area (Å²) in [6.07, 6.45) is 21.7. The molecule has 69 heavy (non-hydrogen) atoms. The van der Waals surface area contributed by atoms with Crippen LogP contribution in [0.15, 0.2) is 66.6 Å². The van der Waals surface area contributed by atoms with Crippen LogP contribution >= 0.6 is 0 Å². The molecule has 3 aliphatic rings. The zero-order chi connectivity index (χ0) is 48.1. The summed E-state index contributed by atoms with van der Waals surface area (Å²) >= 11 is 0. The Morgan fingerprint density at radius 3 is 2.32 bits per heavy atom. The average molecular weight is 981 g/mol. The Morgan fingerprint density at radius 2 is 1.68 bits per heavy atom. The van der Waals surface area contributed by atoms with E-state index in [1.54, 1.807) is 37.3 Å². The van der Waals surface area contributed by atoms with Crippen LogP contribution in [-0.2, 0) is 14.3 Å². The average Bonchev–Trinajstić information content (AvgIpc) is 3.48. The third-order valence-corrected chi connectivity index (χ3v) is 12.4. The number of hydrogen-bond acceptors (Lipinski definition) is 10. The number of nitrogens with zero attached hydrogens (tertiary/aromatic N) is 4. The Balaban J connectivity index is 0.000000528. The summed E-state index contributed by atoms with van der Waals surface area (Å²) < 4.78 is 49.3. The first kappa shape index (κ1) is 59.4. The predicted molar refractivity (Wildman–Crippen MR) is 265 cm³/mol. The van der Waals surface area contributed by atoms with Gasteiger partial charge < -0.3 is 65.3 Å². The Morgan fingerprint density at radius 1 is 0.986 bits per heavy atom. The van der Waals surface area contributed by atoms with Crippen LogP contribution in [0.3, 0.4) is 0 Å². The van der Waals surface area contributed by atoms with Crippen LogP contribution in [0.2, 0.25) is 0 Å². The molecule has 3 fully saturated rings. The number of methoxy groups -OCH3 is 1. The van der Waals surface area contributed by atoms with E-state index in [4.69, 9.17) is 4.74 Å². The third kappa shape index (κ3) is 19.0. The minimum atomic E-state index is -0.616. The van der Waals surface area contributed by atoms with Crippen LogP contribution in [0, 0.1) is 50.0 Å². The van der Waals surface area contributed by atoms with Crippen molar-refractivity contribution in [2.45, 2.75) is 84.1 Å². The Labute approximate surface area is 451 Å². The van der Waals surface area contributed by atoms with Crippen LogP contribution < -0.4 is 72.7 Å². The minimum absolute atomic E-state index is 0. The van der Waals surface area contributed by atoms with E-state index in [1.807, 2.05) is 37.5 Å². The first-order valence-electron chi connectivity index (χ1n) is 23.7.